The van der Waals surface area contributed by atoms with Crippen molar-refractivity contribution in [1.82, 2.24) is 20.2 Å². The van der Waals surface area contributed by atoms with Crippen LogP contribution in [-0.2, 0) is 11.0 Å². The minimum atomic E-state index is -2.06. The molecule has 3 N–H and O–H groups in total. The molecule has 2 unspecified atom stereocenters. The van der Waals surface area contributed by atoms with Gasteiger partial charge in [-0.15, -0.1) is 0 Å². The van der Waals surface area contributed by atoms with Gasteiger partial charge in [0.25, 0.3) is 0 Å². The van der Waals surface area contributed by atoms with Gasteiger partial charge in [0.15, 0.2) is 8.32 Å². The van der Waals surface area contributed by atoms with Crippen molar-refractivity contribution < 1.29 is 23.1 Å². The van der Waals surface area contributed by atoms with Crippen molar-refractivity contribution in [3.63, 3.8) is 0 Å². The fourth-order valence-electron chi connectivity index (χ4n) is 4.42. The number of amides is 1. The highest BCUT2D eigenvalue weighted by atomic mass is 28.4. The Hall–Kier alpha value is -3.08. The van der Waals surface area contributed by atoms with Crippen LogP contribution in [0, 0.1) is 23.0 Å². The molecule has 0 radical (unpaired) electrons. The van der Waals surface area contributed by atoms with Crippen LogP contribution in [0.2, 0.25) is 18.1 Å². The van der Waals surface area contributed by atoms with E-state index in [1.807, 2.05) is 34.9 Å². The van der Waals surface area contributed by atoms with Gasteiger partial charge in [-0.2, -0.15) is 0 Å². The number of hydrogen-bond donors (Lipinski definition) is 3. The number of imidazole rings is 1. The molecule has 0 aliphatic heterocycles. The lowest BCUT2D eigenvalue weighted by Gasteiger charge is -2.38. The average molecular weight is 601 g/mol. The monoisotopic (exact) mass is 600 g/mol. The van der Waals surface area contributed by atoms with Crippen LogP contribution in [0.4, 0.5) is 13.6 Å². The van der Waals surface area contributed by atoms with E-state index < -0.39 is 26.0 Å². The fraction of sp³-hybridized carbons (Fsp3) is 0.500. The number of nitrogens with zero attached hydrogens (tertiary/aromatic N) is 2. The summed E-state index contributed by atoms with van der Waals surface area (Å²) in [5.41, 5.74) is 1.16. The molecule has 1 aromatic heterocycles. The first kappa shape index (κ1) is 33.4. The van der Waals surface area contributed by atoms with E-state index in [0.717, 1.165) is 17.7 Å². The quantitative estimate of drug-likeness (QED) is 0.188. The minimum Gasteiger partial charge on any atom is -0.465 e. The van der Waals surface area contributed by atoms with Crippen LogP contribution in [0.1, 0.15) is 59.0 Å². The number of carboxylic acid groups (broad SMARTS) is 1. The highest BCUT2D eigenvalue weighted by molar-refractivity contribution is 6.74. The third kappa shape index (κ3) is 8.96. The normalized spacial score (nSPS) is 14.0. The Bertz CT molecular complexity index is 1330. The smallest absolute Gasteiger partial charge is 0.404 e. The van der Waals surface area contributed by atoms with Crippen LogP contribution in [0.25, 0.3) is 11.3 Å². The van der Waals surface area contributed by atoms with Crippen molar-refractivity contribution >= 4 is 14.4 Å². The summed E-state index contributed by atoms with van der Waals surface area (Å²) in [6, 6.07) is 13.0. The van der Waals surface area contributed by atoms with Crippen molar-refractivity contribution in [2.75, 3.05) is 19.7 Å². The van der Waals surface area contributed by atoms with Gasteiger partial charge >= 0.3 is 6.09 Å². The molecule has 0 bridgehead atoms. The summed E-state index contributed by atoms with van der Waals surface area (Å²) < 4.78 is 37.4. The van der Waals surface area contributed by atoms with E-state index in [4.69, 9.17) is 9.41 Å². The van der Waals surface area contributed by atoms with Gasteiger partial charge in [-0.05, 0) is 47.3 Å². The molecule has 7 nitrogen and oxygen atoms in total. The van der Waals surface area contributed by atoms with E-state index >= 15 is 0 Å². The predicted molar refractivity (Wildman–Crippen MR) is 166 cm³/mol. The fourth-order valence-corrected chi connectivity index (χ4v) is 5.51. The van der Waals surface area contributed by atoms with Crippen LogP contribution < -0.4 is 10.6 Å². The third-order valence-electron chi connectivity index (χ3n) is 7.97. The number of rotatable bonds is 12. The molecule has 230 valence electrons. The van der Waals surface area contributed by atoms with Crippen molar-refractivity contribution in [3.8, 4) is 11.3 Å². The Morgan fingerprint density at radius 2 is 1.71 bits per heavy atom. The molecule has 42 heavy (non-hydrogen) atoms. The molecular formula is C32H46F2N4O3Si. The van der Waals surface area contributed by atoms with Gasteiger partial charge in [0.2, 0.25) is 0 Å². The second-order valence-corrected chi connectivity index (χ2v) is 18.4. The number of aromatic nitrogens is 2. The number of benzene rings is 2. The number of nitrogens with one attached hydrogen (secondary N) is 2. The molecule has 3 rings (SSSR count). The molecule has 0 saturated carbocycles. The molecule has 0 aliphatic rings. The zero-order valence-corrected chi connectivity index (χ0v) is 27.1. The van der Waals surface area contributed by atoms with Gasteiger partial charge in [-0.1, -0.05) is 71.9 Å². The highest BCUT2D eigenvalue weighted by Crippen LogP contribution is 2.37. The van der Waals surface area contributed by atoms with E-state index in [2.05, 4.69) is 65.3 Å². The molecule has 2 atom stereocenters. The molecule has 0 aliphatic carbocycles. The zero-order chi connectivity index (χ0) is 31.3. The maximum atomic E-state index is 14.8. The van der Waals surface area contributed by atoms with Gasteiger partial charge < -0.3 is 24.7 Å². The second-order valence-electron chi connectivity index (χ2n) is 13.6. The third-order valence-corrected chi connectivity index (χ3v) is 12.5. The van der Waals surface area contributed by atoms with Gasteiger partial charge in [-0.3, -0.25) is 0 Å². The van der Waals surface area contributed by atoms with Crippen molar-refractivity contribution in [2.24, 2.45) is 11.3 Å². The Kier molecular flexibility index (Phi) is 10.7. The van der Waals surface area contributed by atoms with E-state index in [1.54, 1.807) is 6.20 Å². The maximum absolute atomic E-state index is 14.8. The summed E-state index contributed by atoms with van der Waals surface area (Å²) >= 11 is 0. The number of halogens is 2. The number of hydrogen-bond acceptors (Lipinski definition) is 4. The summed E-state index contributed by atoms with van der Waals surface area (Å²) in [5.74, 6) is -0.542. The van der Waals surface area contributed by atoms with Crippen LogP contribution in [0.15, 0.2) is 54.7 Å². The Labute approximate surface area is 249 Å². The van der Waals surface area contributed by atoms with Gasteiger partial charge in [0.05, 0.1) is 11.7 Å². The van der Waals surface area contributed by atoms with Crippen molar-refractivity contribution in [3.05, 3.63) is 77.8 Å². The van der Waals surface area contributed by atoms with Gasteiger partial charge in [0, 0.05) is 43.9 Å². The van der Waals surface area contributed by atoms with Gasteiger partial charge in [-0.25, -0.2) is 18.6 Å². The van der Waals surface area contributed by atoms with Crippen molar-refractivity contribution in [1.29, 1.82) is 0 Å². The average Bonchev–Trinajstić information content (AvgIpc) is 3.28. The largest absolute Gasteiger partial charge is 0.465 e. The van der Waals surface area contributed by atoms with Crippen LogP contribution in [-0.4, -0.2) is 48.8 Å². The molecular weight excluding hydrogens is 554 g/mol. The molecule has 1 heterocycles. The summed E-state index contributed by atoms with van der Waals surface area (Å²) in [6.07, 6.45) is 0.685. The van der Waals surface area contributed by atoms with Crippen LogP contribution >= 0.6 is 0 Å². The molecule has 10 heteroatoms. The Morgan fingerprint density at radius 3 is 2.31 bits per heavy atom. The lowest BCUT2D eigenvalue weighted by Crippen LogP contribution is -2.46. The van der Waals surface area contributed by atoms with E-state index in [0.29, 0.717) is 31.2 Å². The van der Waals surface area contributed by atoms with E-state index in [1.165, 1.54) is 6.07 Å². The molecule has 0 spiro atoms. The van der Waals surface area contributed by atoms with E-state index in [9.17, 15) is 18.7 Å². The Balaban J connectivity index is 1.97. The zero-order valence-electron chi connectivity index (χ0n) is 26.1. The lowest BCUT2D eigenvalue weighted by molar-refractivity contribution is 0.177. The summed E-state index contributed by atoms with van der Waals surface area (Å²) in [4.78, 5) is 16.2. The summed E-state index contributed by atoms with van der Waals surface area (Å²) in [6.45, 7) is 18.7. The van der Waals surface area contributed by atoms with Crippen LogP contribution in [0.5, 0.6) is 0 Å². The first-order chi connectivity index (χ1) is 19.5. The lowest BCUT2D eigenvalue weighted by atomic mass is 9.85. The minimum absolute atomic E-state index is 0.0178. The van der Waals surface area contributed by atoms with Crippen molar-refractivity contribution in [2.45, 2.75) is 72.3 Å². The molecule has 0 saturated heterocycles. The number of carbonyl (C=O) groups is 1. The maximum Gasteiger partial charge on any atom is 0.404 e. The van der Waals surface area contributed by atoms with E-state index in [-0.39, 0.29) is 34.5 Å². The topological polar surface area (TPSA) is 88.4 Å². The first-order valence-corrected chi connectivity index (χ1v) is 17.3. The SMILES string of the molecule is CC(C)(C)C(NCC(CNC(=O)O)CO[Si](C)(C)C(C)(C)C)c1nc(-c2cc(F)ccc2F)cn1Cc1ccccc1. The van der Waals surface area contributed by atoms with Gasteiger partial charge in [0.1, 0.15) is 17.5 Å². The summed E-state index contributed by atoms with van der Waals surface area (Å²) in [5, 5.41) is 15.5. The predicted octanol–water partition coefficient (Wildman–Crippen LogP) is 7.46. The standard InChI is InChI=1S/C32H46F2N4O3Si/c1-31(2,3)28(35-17-23(18-36-30(39)40)21-41-42(7,8)32(4,5)6)29-37-27(25-16-24(33)14-15-26(25)34)20-38(29)19-22-12-10-9-11-13-22/h9-16,20,23,28,35-36H,17-19,21H2,1-8H3,(H,39,40). The Morgan fingerprint density at radius 1 is 1.05 bits per heavy atom. The summed E-state index contributed by atoms with van der Waals surface area (Å²) in [7, 11) is -2.06. The highest BCUT2D eigenvalue weighted by Gasteiger charge is 2.38. The van der Waals surface area contributed by atoms with Crippen LogP contribution in [0.3, 0.4) is 0 Å². The molecule has 2 aromatic carbocycles. The molecule has 1 amide bonds. The second kappa shape index (κ2) is 13.5. The first-order valence-electron chi connectivity index (χ1n) is 14.4. The molecule has 0 fully saturated rings. The molecule has 3 aromatic rings.